The molecule has 0 amide bonds. The summed E-state index contributed by atoms with van der Waals surface area (Å²) in [6, 6.07) is 0. The van der Waals surface area contributed by atoms with Gasteiger partial charge in [-0.3, -0.25) is 0 Å². The molecule has 0 rings (SSSR count). The monoisotopic (exact) mass is 338 g/mol. The van der Waals surface area contributed by atoms with Crippen LogP contribution in [0.15, 0.2) is 17.0 Å². The molecule has 0 saturated heterocycles. The van der Waals surface area contributed by atoms with Crippen LogP contribution < -0.4 is 5.43 Å². The fraction of sp³-hybridized carbons (Fsp3) is 0.905. The molecule has 0 atom stereocenters. The Morgan fingerprint density at radius 2 is 1.46 bits per heavy atom. The van der Waals surface area contributed by atoms with Crippen LogP contribution in [0, 0.1) is 16.2 Å². The van der Waals surface area contributed by atoms with E-state index in [1.165, 1.54) is 12.1 Å². The number of hydrogen-bond donors (Lipinski definition) is 1. The van der Waals surface area contributed by atoms with Crippen LogP contribution in [0.1, 0.15) is 95.4 Å². The first-order valence-electron chi connectivity index (χ1n) is 9.44. The molecule has 0 aliphatic rings. The van der Waals surface area contributed by atoms with Gasteiger partial charge in [0, 0.05) is 5.41 Å². The van der Waals surface area contributed by atoms with Gasteiger partial charge in [0.05, 0.1) is 5.22 Å². The SMILES string of the molecule is C/C=C(\[N+](C)=NNC(C)(C)CC(C)(C)C)C(C)(C)CC(C)(C)CC. The summed E-state index contributed by atoms with van der Waals surface area (Å²) in [6.45, 7) is 25.0. The van der Waals surface area contributed by atoms with Crippen molar-refractivity contribution >= 4 is 0 Å². The van der Waals surface area contributed by atoms with E-state index >= 15 is 0 Å². The lowest BCUT2D eigenvalue weighted by Crippen LogP contribution is -2.40. The van der Waals surface area contributed by atoms with Gasteiger partial charge < -0.3 is 0 Å². The van der Waals surface area contributed by atoms with E-state index in [0.717, 1.165) is 12.8 Å². The summed E-state index contributed by atoms with van der Waals surface area (Å²) in [5.41, 5.74) is 5.32. The maximum Gasteiger partial charge on any atom is 0.127 e. The lowest BCUT2D eigenvalue weighted by atomic mass is 9.72. The number of nitrogens with zero attached hydrogens (tertiary/aromatic N) is 2. The fourth-order valence-corrected chi connectivity index (χ4v) is 4.06. The van der Waals surface area contributed by atoms with E-state index in [0.29, 0.717) is 5.41 Å². The first-order valence-corrected chi connectivity index (χ1v) is 9.44. The first kappa shape index (κ1) is 23.1. The molecule has 0 heterocycles. The Bertz CT molecular complexity index is 460. The van der Waals surface area contributed by atoms with Crippen LogP contribution in [0.4, 0.5) is 0 Å². The van der Waals surface area contributed by atoms with Gasteiger partial charge in [-0.05, 0) is 50.5 Å². The van der Waals surface area contributed by atoms with Crippen LogP contribution >= 0.6 is 0 Å². The smallest absolute Gasteiger partial charge is 0.127 e. The Morgan fingerprint density at radius 1 is 0.958 bits per heavy atom. The largest absolute Gasteiger partial charge is 0.177 e. The third kappa shape index (κ3) is 8.30. The third-order valence-corrected chi connectivity index (χ3v) is 4.67. The highest BCUT2D eigenvalue weighted by atomic mass is 15.5. The minimum atomic E-state index is -0.0296. The van der Waals surface area contributed by atoms with Gasteiger partial charge in [-0.25, -0.2) is 0 Å². The van der Waals surface area contributed by atoms with Gasteiger partial charge in [-0.2, -0.15) is 5.43 Å². The van der Waals surface area contributed by atoms with Crippen LogP contribution in [0.2, 0.25) is 0 Å². The van der Waals surface area contributed by atoms with Crippen molar-refractivity contribution in [2.45, 2.75) is 101 Å². The van der Waals surface area contributed by atoms with Crippen molar-refractivity contribution in [2.75, 3.05) is 7.05 Å². The van der Waals surface area contributed by atoms with E-state index in [-0.39, 0.29) is 16.4 Å². The Kier molecular flexibility index (Phi) is 7.73. The predicted molar refractivity (Wildman–Crippen MR) is 106 cm³/mol. The van der Waals surface area contributed by atoms with Crippen molar-refractivity contribution < 1.29 is 4.70 Å². The van der Waals surface area contributed by atoms with E-state index in [9.17, 15) is 0 Å². The molecule has 0 saturated carbocycles. The summed E-state index contributed by atoms with van der Waals surface area (Å²) in [6.07, 6.45) is 5.59. The second-order valence-corrected chi connectivity index (χ2v) is 10.6. The lowest BCUT2D eigenvalue weighted by Gasteiger charge is -2.34. The summed E-state index contributed by atoms with van der Waals surface area (Å²) in [5, 5.41) is 4.69. The van der Waals surface area contributed by atoms with Crippen LogP contribution in [0.5, 0.6) is 0 Å². The molecule has 0 bridgehead atoms. The standard InChI is InChI=1S/C21H43N3/c1-13-17(20(8,9)16-19(6,7)14-2)24(12)23-22-21(10,11)15-18(3,4)5/h13H,14-16H2,1-12H3/p+1/b17-13-. The van der Waals surface area contributed by atoms with E-state index in [2.05, 4.69) is 99.9 Å². The molecule has 0 unspecified atom stereocenters. The van der Waals surface area contributed by atoms with Crippen LogP contribution in [-0.4, -0.2) is 17.3 Å². The molecule has 142 valence electrons. The second kappa shape index (κ2) is 8.01. The van der Waals surface area contributed by atoms with Crippen molar-refractivity contribution in [3.05, 3.63) is 11.8 Å². The quantitative estimate of drug-likeness (QED) is 0.303. The molecule has 0 aromatic heterocycles. The van der Waals surface area contributed by atoms with E-state index in [1.807, 2.05) is 4.70 Å². The Hall–Kier alpha value is -0.860. The molecule has 24 heavy (non-hydrogen) atoms. The summed E-state index contributed by atoms with van der Waals surface area (Å²) >= 11 is 0. The Balaban J connectivity index is 5.26. The molecule has 0 spiro atoms. The molecule has 1 N–H and O–H groups in total. The van der Waals surface area contributed by atoms with Gasteiger partial charge in [0.15, 0.2) is 0 Å². The number of rotatable bonds is 8. The van der Waals surface area contributed by atoms with Crippen molar-refractivity contribution in [2.24, 2.45) is 21.5 Å². The van der Waals surface area contributed by atoms with E-state index < -0.39 is 0 Å². The zero-order valence-corrected chi connectivity index (χ0v) is 18.6. The van der Waals surface area contributed by atoms with Crippen molar-refractivity contribution in [3.63, 3.8) is 0 Å². The summed E-state index contributed by atoms with van der Waals surface area (Å²) in [5.74, 6) is 0. The minimum Gasteiger partial charge on any atom is -0.177 e. The van der Waals surface area contributed by atoms with Gasteiger partial charge in [0.2, 0.25) is 0 Å². The summed E-state index contributed by atoms with van der Waals surface area (Å²) < 4.78 is 2.02. The van der Waals surface area contributed by atoms with Gasteiger partial charge in [0.25, 0.3) is 0 Å². The minimum absolute atomic E-state index is 0.0296. The van der Waals surface area contributed by atoms with Gasteiger partial charge in [-0.1, -0.05) is 61.8 Å². The average molecular weight is 339 g/mol. The molecule has 0 aromatic rings. The van der Waals surface area contributed by atoms with Gasteiger partial charge >= 0.3 is 0 Å². The average Bonchev–Trinajstić information content (AvgIpc) is 2.32. The molecule has 0 aliphatic carbocycles. The summed E-state index contributed by atoms with van der Waals surface area (Å²) in [7, 11) is 2.05. The molecule has 0 radical (unpaired) electrons. The second-order valence-electron chi connectivity index (χ2n) is 10.6. The topological polar surface area (TPSA) is 27.4 Å². The van der Waals surface area contributed by atoms with Crippen molar-refractivity contribution in [1.29, 1.82) is 0 Å². The van der Waals surface area contributed by atoms with Gasteiger partial charge in [0.1, 0.15) is 18.3 Å². The fourth-order valence-electron chi connectivity index (χ4n) is 4.06. The molecule has 0 aliphatic heterocycles. The zero-order valence-electron chi connectivity index (χ0n) is 18.6. The van der Waals surface area contributed by atoms with Crippen molar-refractivity contribution in [3.8, 4) is 0 Å². The Morgan fingerprint density at radius 3 is 1.83 bits per heavy atom. The normalized spacial score (nSPS) is 15.7. The Labute approximate surface area is 152 Å². The highest BCUT2D eigenvalue weighted by Gasteiger charge is 2.35. The molecule has 3 heteroatoms. The highest BCUT2D eigenvalue weighted by Crippen LogP contribution is 2.41. The maximum atomic E-state index is 4.69. The predicted octanol–water partition coefficient (Wildman–Crippen LogP) is 6.56. The highest BCUT2D eigenvalue weighted by molar-refractivity contribution is 5.03. The van der Waals surface area contributed by atoms with E-state index in [4.69, 9.17) is 0 Å². The van der Waals surface area contributed by atoms with Crippen LogP contribution in [0.3, 0.4) is 0 Å². The third-order valence-electron chi connectivity index (χ3n) is 4.67. The first-order chi connectivity index (χ1) is 10.6. The molecule has 3 nitrogen and oxygen atoms in total. The molecule has 0 aromatic carbocycles. The number of nitrogens with one attached hydrogen (secondary N) is 1. The molecular weight excluding hydrogens is 294 g/mol. The number of allylic oxidation sites excluding steroid dienone is 2. The zero-order chi connectivity index (χ0) is 19.4. The molecular formula is C21H44N3+. The number of hydrogen-bond acceptors (Lipinski definition) is 1. The van der Waals surface area contributed by atoms with Gasteiger partial charge in [-0.15, -0.1) is 4.70 Å². The van der Waals surface area contributed by atoms with E-state index in [1.54, 1.807) is 0 Å². The maximum absolute atomic E-state index is 4.69. The summed E-state index contributed by atoms with van der Waals surface area (Å²) in [4.78, 5) is 0. The van der Waals surface area contributed by atoms with Crippen molar-refractivity contribution in [1.82, 2.24) is 5.43 Å². The van der Waals surface area contributed by atoms with Crippen LogP contribution in [-0.2, 0) is 0 Å². The lowest BCUT2D eigenvalue weighted by molar-refractivity contribution is -0.536. The van der Waals surface area contributed by atoms with Crippen LogP contribution in [0.25, 0.3) is 0 Å². The molecule has 0 fully saturated rings.